The first-order valence-corrected chi connectivity index (χ1v) is 8.55. The number of fused-ring (bicyclic) bond motifs is 1. The van der Waals surface area contributed by atoms with Crippen molar-refractivity contribution in [3.8, 4) is 5.69 Å². The number of rotatable bonds is 5. The summed E-state index contributed by atoms with van der Waals surface area (Å²) in [6.45, 7) is 4.79. The van der Waals surface area contributed by atoms with E-state index in [-0.39, 0.29) is 5.56 Å². The van der Waals surface area contributed by atoms with E-state index >= 15 is 0 Å². The molecule has 0 amide bonds. The second-order valence-corrected chi connectivity index (χ2v) is 6.24. The lowest BCUT2D eigenvalue weighted by Crippen LogP contribution is -2.21. The van der Waals surface area contributed by atoms with Gasteiger partial charge in [-0.1, -0.05) is 18.2 Å². The largest absolute Gasteiger partial charge is 0.428 e. The van der Waals surface area contributed by atoms with Gasteiger partial charge in [0.05, 0.1) is 17.3 Å². The number of aromatic nitrogens is 5. The van der Waals surface area contributed by atoms with Gasteiger partial charge in [-0.25, -0.2) is 0 Å². The van der Waals surface area contributed by atoms with Gasteiger partial charge in [0, 0.05) is 29.7 Å². The van der Waals surface area contributed by atoms with E-state index in [1.165, 1.54) is 11.1 Å². The number of nitrogens with zero attached hydrogens (tertiary/aromatic N) is 5. The summed E-state index contributed by atoms with van der Waals surface area (Å²) in [5.74, 6) is 0.630. The summed E-state index contributed by atoms with van der Waals surface area (Å²) < 4.78 is 8.80. The molecular formula is C19H19N5O2. The van der Waals surface area contributed by atoms with Crippen molar-refractivity contribution in [2.24, 2.45) is 0 Å². The second kappa shape index (κ2) is 6.59. The van der Waals surface area contributed by atoms with Gasteiger partial charge in [0.15, 0.2) is 0 Å². The first-order chi connectivity index (χ1) is 12.7. The predicted octanol–water partition coefficient (Wildman–Crippen LogP) is 2.82. The average molecular weight is 349 g/mol. The summed E-state index contributed by atoms with van der Waals surface area (Å²) in [5, 5.41) is 13.6. The van der Waals surface area contributed by atoms with Crippen LogP contribution in [-0.2, 0) is 13.0 Å². The molecule has 4 aromatic rings. The molecule has 0 bridgehead atoms. The average Bonchev–Trinajstić information content (AvgIpc) is 3.25. The monoisotopic (exact) mass is 349 g/mol. The first kappa shape index (κ1) is 16.3. The van der Waals surface area contributed by atoms with E-state index in [9.17, 15) is 4.79 Å². The zero-order valence-corrected chi connectivity index (χ0v) is 14.7. The predicted molar refractivity (Wildman–Crippen MR) is 97.4 cm³/mol. The summed E-state index contributed by atoms with van der Waals surface area (Å²) in [4.78, 5) is 13.0. The van der Waals surface area contributed by atoms with E-state index in [0.717, 1.165) is 40.8 Å². The fraction of sp³-hybridized carbons (Fsp3) is 0.263. The van der Waals surface area contributed by atoms with Crippen LogP contribution >= 0.6 is 0 Å². The van der Waals surface area contributed by atoms with E-state index in [0.29, 0.717) is 12.3 Å². The Balaban J connectivity index is 1.71. The smallest absolute Gasteiger partial charge is 0.281 e. The van der Waals surface area contributed by atoms with Gasteiger partial charge < -0.3 is 8.98 Å². The molecule has 132 valence electrons. The summed E-state index contributed by atoms with van der Waals surface area (Å²) >= 11 is 0. The highest BCUT2D eigenvalue weighted by Crippen LogP contribution is 2.23. The van der Waals surface area contributed by atoms with Gasteiger partial charge in [-0.2, -0.15) is 9.78 Å². The zero-order valence-electron chi connectivity index (χ0n) is 14.7. The van der Waals surface area contributed by atoms with Gasteiger partial charge in [0.25, 0.3) is 5.56 Å². The molecule has 7 nitrogen and oxygen atoms in total. The quantitative estimate of drug-likeness (QED) is 0.553. The highest BCUT2D eigenvalue weighted by atomic mass is 16.4. The maximum atomic E-state index is 13.0. The Bertz CT molecular complexity index is 1090. The molecule has 0 aliphatic heterocycles. The maximum absolute atomic E-state index is 13.0. The number of hydrogen-bond donors (Lipinski definition) is 0. The molecule has 3 aromatic heterocycles. The van der Waals surface area contributed by atoms with Gasteiger partial charge >= 0.3 is 0 Å². The van der Waals surface area contributed by atoms with E-state index in [2.05, 4.69) is 19.9 Å². The number of benzene rings is 1. The second-order valence-electron chi connectivity index (χ2n) is 6.24. The molecule has 0 unspecified atom stereocenters. The number of para-hydroxylation sites is 1. The Morgan fingerprint density at radius 1 is 1.12 bits per heavy atom. The fourth-order valence-electron chi connectivity index (χ4n) is 3.39. The fourth-order valence-corrected chi connectivity index (χ4v) is 3.39. The minimum Gasteiger partial charge on any atom is -0.428 e. The van der Waals surface area contributed by atoms with Crippen LogP contribution in [-0.4, -0.2) is 24.5 Å². The van der Waals surface area contributed by atoms with Crippen LogP contribution < -0.4 is 5.56 Å². The Labute approximate surface area is 149 Å². The van der Waals surface area contributed by atoms with Crippen LogP contribution in [0.4, 0.5) is 0 Å². The Hall–Kier alpha value is -3.22. The van der Waals surface area contributed by atoms with Crippen LogP contribution in [0.3, 0.4) is 0 Å². The van der Waals surface area contributed by atoms with Crippen molar-refractivity contribution in [2.75, 3.05) is 0 Å². The van der Waals surface area contributed by atoms with Gasteiger partial charge in [-0.15, -0.1) is 10.2 Å². The highest BCUT2D eigenvalue weighted by Gasteiger charge is 2.16. The van der Waals surface area contributed by atoms with Crippen molar-refractivity contribution < 1.29 is 4.42 Å². The molecule has 3 heterocycles. The zero-order chi connectivity index (χ0) is 18.1. The molecule has 0 saturated carbocycles. The van der Waals surface area contributed by atoms with Crippen LogP contribution in [0.2, 0.25) is 0 Å². The topological polar surface area (TPSA) is 78.7 Å². The van der Waals surface area contributed by atoms with Crippen molar-refractivity contribution in [1.29, 1.82) is 0 Å². The van der Waals surface area contributed by atoms with Crippen molar-refractivity contribution in [3.63, 3.8) is 0 Å². The van der Waals surface area contributed by atoms with Crippen LogP contribution in [0.1, 0.15) is 23.7 Å². The molecule has 0 aliphatic rings. The Kier molecular flexibility index (Phi) is 4.12. The van der Waals surface area contributed by atoms with E-state index < -0.39 is 0 Å². The molecule has 0 atom stereocenters. The lowest BCUT2D eigenvalue weighted by molar-refractivity contribution is 0.473. The number of aryl methyl sites for hydroxylation is 3. The van der Waals surface area contributed by atoms with Crippen molar-refractivity contribution >= 4 is 10.8 Å². The Morgan fingerprint density at radius 3 is 2.65 bits per heavy atom. The van der Waals surface area contributed by atoms with E-state index in [1.807, 2.05) is 44.2 Å². The van der Waals surface area contributed by atoms with Crippen LogP contribution in [0.25, 0.3) is 16.5 Å². The van der Waals surface area contributed by atoms with Crippen molar-refractivity contribution in [1.82, 2.24) is 24.5 Å². The molecule has 1 aromatic carbocycles. The summed E-state index contributed by atoms with van der Waals surface area (Å²) in [6.07, 6.45) is 4.68. The van der Waals surface area contributed by atoms with Crippen LogP contribution in [0.15, 0.2) is 52.1 Å². The van der Waals surface area contributed by atoms with Gasteiger partial charge in [-0.05, 0) is 32.4 Å². The molecule has 0 aliphatic carbocycles. The summed E-state index contributed by atoms with van der Waals surface area (Å²) in [7, 11) is 0. The third kappa shape index (κ3) is 2.71. The molecular weight excluding hydrogens is 330 g/mol. The Morgan fingerprint density at radius 2 is 1.92 bits per heavy atom. The molecule has 0 saturated heterocycles. The standard InChI is InChI=1S/C19H19N5O2/c1-13-16-11-21-24(15-7-4-3-5-8-15)19(25)18(16)14(2)23(13)10-6-9-17-22-20-12-26-17/h3-5,7-8,11-12H,6,9-10H2,1-2H3. The van der Waals surface area contributed by atoms with Crippen molar-refractivity contribution in [3.05, 3.63) is 70.6 Å². The van der Waals surface area contributed by atoms with E-state index in [4.69, 9.17) is 4.42 Å². The molecule has 0 fully saturated rings. The minimum atomic E-state index is -0.0926. The molecule has 0 radical (unpaired) electrons. The molecule has 4 rings (SSSR count). The lowest BCUT2D eigenvalue weighted by Gasteiger charge is -2.07. The van der Waals surface area contributed by atoms with Crippen LogP contribution in [0, 0.1) is 13.8 Å². The van der Waals surface area contributed by atoms with Crippen molar-refractivity contribution in [2.45, 2.75) is 33.2 Å². The third-order valence-electron chi connectivity index (χ3n) is 4.72. The summed E-state index contributed by atoms with van der Waals surface area (Å²) in [5.41, 5.74) is 2.68. The SMILES string of the molecule is Cc1c2cnn(-c3ccccc3)c(=O)c2c(C)n1CCCc1nnco1. The maximum Gasteiger partial charge on any atom is 0.281 e. The summed E-state index contributed by atoms with van der Waals surface area (Å²) in [6, 6.07) is 9.47. The molecule has 7 heteroatoms. The third-order valence-corrected chi connectivity index (χ3v) is 4.72. The van der Waals surface area contributed by atoms with Crippen LogP contribution in [0.5, 0.6) is 0 Å². The van der Waals surface area contributed by atoms with E-state index in [1.54, 1.807) is 6.20 Å². The first-order valence-electron chi connectivity index (χ1n) is 8.55. The molecule has 0 spiro atoms. The van der Waals surface area contributed by atoms with Gasteiger partial charge in [0.2, 0.25) is 12.3 Å². The van der Waals surface area contributed by atoms with Gasteiger partial charge in [0.1, 0.15) is 0 Å². The molecule has 0 N–H and O–H groups in total. The molecule has 26 heavy (non-hydrogen) atoms. The number of hydrogen-bond acceptors (Lipinski definition) is 5. The minimum absolute atomic E-state index is 0.0926. The van der Waals surface area contributed by atoms with Gasteiger partial charge in [-0.3, -0.25) is 4.79 Å². The highest BCUT2D eigenvalue weighted by molar-refractivity contribution is 5.87. The lowest BCUT2D eigenvalue weighted by atomic mass is 10.2. The normalized spacial score (nSPS) is 11.3.